The zero-order valence-electron chi connectivity index (χ0n) is 8.69. The highest BCUT2D eigenvalue weighted by Crippen LogP contribution is 2.22. The highest BCUT2D eigenvalue weighted by Gasteiger charge is 2.17. The Morgan fingerprint density at radius 2 is 1.73 bits per heavy atom. The predicted molar refractivity (Wildman–Crippen MR) is 59.4 cm³/mol. The lowest BCUT2D eigenvalue weighted by atomic mass is 9.98. The summed E-state index contributed by atoms with van der Waals surface area (Å²) in [6.07, 6.45) is 0. The Labute approximate surface area is 96.6 Å². The van der Waals surface area contributed by atoms with Gasteiger partial charge in [0.05, 0.1) is 6.61 Å². The smallest absolute Gasteiger partial charge is 0.129 e. The third-order valence-corrected chi connectivity index (χ3v) is 3.35. The predicted octanol–water partition coefficient (Wildman–Crippen LogP) is 3.76. The number of rotatable bonds is 4. The van der Waals surface area contributed by atoms with Gasteiger partial charge < -0.3 is 4.74 Å². The van der Waals surface area contributed by atoms with Gasteiger partial charge in [-0.1, -0.05) is 29.8 Å². The Morgan fingerprint density at radius 1 is 1.20 bits per heavy atom. The van der Waals surface area contributed by atoms with E-state index in [-0.39, 0.29) is 11.2 Å². The lowest BCUT2D eigenvalue weighted by Gasteiger charge is -2.21. The maximum absolute atomic E-state index is 12.8. The van der Waals surface area contributed by atoms with Crippen molar-refractivity contribution in [1.82, 2.24) is 0 Å². The van der Waals surface area contributed by atoms with E-state index in [1.54, 1.807) is 0 Å². The monoisotopic (exact) mass is 278 g/mol. The standard InChI is InChI=1S/C11H13BrF2O/c1-11(2,6-12)7-15-10-4-8(13)3-9(14)5-10/h3-5H,6-7H2,1-2H3. The zero-order chi connectivity index (χ0) is 11.5. The topological polar surface area (TPSA) is 9.23 Å². The molecule has 0 unspecified atom stereocenters. The molecule has 0 N–H and O–H groups in total. The van der Waals surface area contributed by atoms with Crippen molar-refractivity contribution < 1.29 is 13.5 Å². The summed E-state index contributed by atoms with van der Waals surface area (Å²) in [5.74, 6) is -1.02. The molecule has 0 saturated heterocycles. The molecule has 15 heavy (non-hydrogen) atoms. The van der Waals surface area contributed by atoms with Crippen molar-refractivity contribution in [2.75, 3.05) is 11.9 Å². The van der Waals surface area contributed by atoms with E-state index in [1.807, 2.05) is 13.8 Å². The van der Waals surface area contributed by atoms with Gasteiger partial charge in [-0.3, -0.25) is 0 Å². The van der Waals surface area contributed by atoms with Crippen molar-refractivity contribution in [3.05, 3.63) is 29.8 Å². The third kappa shape index (κ3) is 4.16. The van der Waals surface area contributed by atoms with E-state index in [1.165, 1.54) is 12.1 Å². The fraction of sp³-hybridized carbons (Fsp3) is 0.455. The van der Waals surface area contributed by atoms with E-state index in [4.69, 9.17) is 4.74 Å². The van der Waals surface area contributed by atoms with Crippen LogP contribution in [-0.2, 0) is 0 Å². The summed E-state index contributed by atoms with van der Waals surface area (Å²) in [5.41, 5.74) is -0.0667. The van der Waals surface area contributed by atoms with Crippen LogP contribution in [0.2, 0.25) is 0 Å². The van der Waals surface area contributed by atoms with Crippen LogP contribution in [0.4, 0.5) is 8.78 Å². The first-order valence-electron chi connectivity index (χ1n) is 4.58. The Balaban J connectivity index is 2.65. The molecule has 1 aromatic carbocycles. The first kappa shape index (κ1) is 12.4. The molecular formula is C11H13BrF2O. The van der Waals surface area contributed by atoms with Crippen molar-refractivity contribution in [2.45, 2.75) is 13.8 Å². The summed E-state index contributed by atoms with van der Waals surface area (Å²) in [7, 11) is 0. The van der Waals surface area contributed by atoms with Crippen molar-refractivity contribution >= 4 is 15.9 Å². The SMILES string of the molecule is CC(C)(CBr)COc1cc(F)cc(F)c1. The van der Waals surface area contributed by atoms with Crippen LogP contribution in [0.25, 0.3) is 0 Å². The van der Waals surface area contributed by atoms with Crippen molar-refractivity contribution in [1.29, 1.82) is 0 Å². The first-order valence-corrected chi connectivity index (χ1v) is 5.70. The summed E-state index contributed by atoms with van der Waals surface area (Å²) < 4.78 is 30.9. The number of alkyl halides is 1. The summed E-state index contributed by atoms with van der Waals surface area (Å²) in [4.78, 5) is 0. The lowest BCUT2D eigenvalue weighted by Crippen LogP contribution is -2.22. The number of hydrogen-bond acceptors (Lipinski definition) is 1. The highest BCUT2D eigenvalue weighted by atomic mass is 79.9. The van der Waals surface area contributed by atoms with Gasteiger partial charge in [0.25, 0.3) is 0 Å². The normalized spacial score (nSPS) is 11.5. The van der Waals surface area contributed by atoms with E-state index in [2.05, 4.69) is 15.9 Å². The van der Waals surface area contributed by atoms with Crippen LogP contribution in [0.1, 0.15) is 13.8 Å². The van der Waals surface area contributed by atoms with Gasteiger partial charge in [0.1, 0.15) is 17.4 Å². The molecule has 0 radical (unpaired) electrons. The third-order valence-electron chi connectivity index (χ3n) is 1.83. The van der Waals surface area contributed by atoms with E-state index >= 15 is 0 Å². The summed E-state index contributed by atoms with van der Waals surface area (Å²) >= 11 is 3.35. The Morgan fingerprint density at radius 3 is 2.20 bits per heavy atom. The van der Waals surface area contributed by atoms with Gasteiger partial charge >= 0.3 is 0 Å². The molecule has 0 saturated carbocycles. The molecule has 0 amide bonds. The maximum Gasteiger partial charge on any atom is 0.129 e. The van der Waals surface area contributed by atoms with Crippen LogP contribution in [0.5, 0.6) is 5.75 Å². The van der Waals surface area contributed by atoms with Gasteiger partial charge in [0.2, 0.25) is 0 Å². The van der Waals surface area contributed by atoms with Crippen LogP contribution >= 0.6 is 15.9 Å². The highest BCUT2D eigenvalue weighted by molar-refractivity contribution is 9.09. The van der Waals surface area contributed by atoms with Crippen LogP contribution in [-0.4, -0.2) is 11.9 Å². The summed E-state index contributed by atoms with van der Waals surface area (Å²) in [5, 5.41) is 0.762. The van der Waals surface area contributed by atoms with Gasteiger partial charge in [-0.05, 0) is 0 Å². The van der Waals surface area contributed by atoms with E-state index in [9.17, 15) is 8.78 Å². The second-order valence-electron chi connectivity index (χ2n) is 4.19. The average Bonchev–Trinajstić information content (AvgIpc) is 2.14. The zero-order valence-corrected chi connectivity index (χ0v) is 10.3. The Bertz CT molecular complexity index is 319. The molecule has 0 heterocycles. The molecule has 1 aromatic rings. The lowest BCUT2D eigenvalue weighted by molar-refractivity contribution is 0.201. The van der Waals surface area contributed by atoms with Crippen molar-refractivity contribution in [3.63, 3.8) is 0 Å². The largest absolute Gasteiger partial charge is 0.493 e. The molecule has 0 aliphatic heterocycles. The molecule has 4 heteroatoms. The molecular weight excluding hydrogens is 266 g/mol. The number of benzene rings is 1. The van der Waals surface area contributed by atoms with Crippen LogP contribution in [0.3, 0.4) is 0 Å². The van der Waals surface area contributed by atoms with Crippen molar-refractivity contribution in [3.8, 4) is 5.75 Å². The molecule has 84 valence electrons. The quantitative estimate of drug-likeness (QED) is 0.762. The van der Waals surface area contributed by atoms with Crippen molar-refractivity contribution in [2.24, 2.45) is 5.41 Å². The molecule has 0 aliphatic rings. The first-order chi connectivity index (χ1) is 6.93. The van der Waals surface area contributed by atoms with Gasteiger partial charge in [-0.2, -0.15) is 0 Å². The van der Waals surface area contributed by atoms with Crippen LogP contribution in [0.15, 0.2) is 18.2 Å². The molecule has 0 aliphatic carbocycles. The Hall–Kier alpha value is -0.640. The van der Waals surface area contributed by atoms with Gasteiger partial charge in [-0.15, -0.1) is 0 Å². The summed E-state index contributed by atoms with van der Waals surface area (Å²) in [6.45, 7) is 4.40. The second kappa shape index (κ2) is 4.92. The van der Waals surface area contributed by atoms with E-state index in [0.717, 1.165) is 11.4 Å². The molecule has 0 fully saturated rings. The molecule has 0 spiro atoms. The van der Waals surface area contributed by atoms with E-state index < -0.39 is 11.6 Å². The second-order valence-corrected chi connectivity index (χ2v) is 4.75. The maximum atomic E-state index is 12.8. The fourth-order valence-corrected chi connectivity index (χ4v) is 1.09. The fourth-order valence-electron chi connectivity index (χ4n) is 0.929. The van der Waals surface area contributed by atoms with E-state index in [0.29, 0.717) is 6.61 Å². The molecule has 0 bridgehead atoms. The molecule has 0 atom stereocenters. The number of hydrogen-bond donors (Lipinski definition) is 0. The minimum Gasteiger partial charge on any atom is -0.493 e. The molecule has 0 aromatic heterocycles. The van der Waals surface area contributed by atoms with Gasteiger partial charge in [0, 0.05) is 28.9 Å². The molecule has 1 nitrogen and oxygen atoms in total. The average molecular weight is 279 g/mol. The number of halogens is 3. The minimum atomic E-state index is -0.623. The van der Waals surface area contributed by atoms with Gasteiger partial charge in [0.15, 0.2) is 0 Å². The van der Waals surface area contributed by atoms with Gasteiger partial charge in [-0.25, -0.2) is 8.78 Å². The number of ether oxygens (including phenoxy) is 1. The van der Waals surface area contributed by atoms with Crippen LogP contribution in [0, 0.1) is 17.0 Å². The molecule has 1 rings (SSSR count). The Kier molecular flexibility index (Phi) is 4.08. The summed E-state index contributed by atoms with van der Waals surface area (Å²) in [6, 6.07) is 3.17. The van der Waals surface area contributed by atoms with Crippen LogP contribution < -0.4 is 4.74 Å². The minimum absolute atomic E-state index is 0.0667.